The number of hydrogen-bond acceptors (Lipinski definition) is 9. The van der Waals surface area contributed by atoms with E-state index in [1.54, 1.807) is 34.7 Å². The molecule has 0 radical (unpaired) electrons. The molecule has 7 rings (SSSR count). The predicted octanol–water partition coefficient (Wildman–Crippen LogP) is 5.11. The van der Waals surface area contributed by atoms with Crippen LogP contribution >= 0.6 is 11.6 Å². The summed E-state index contributed by atoms with van der Waals surface area (Å²) in [5.41, 5.74) is 1.29. The van der Waals surface area contributed by atoms with Gasteiger partial charge in [0, 0.05) is 57.3 Å². The molecule has 0 bridgehead atoms. The molecule has 4 aromatic heterocycles. The molecule has 5 aromatic rings. The Kier molecular flexibility index (Phi) is 6.10. The monoisotopic (exact) mass is 599 g/mol. The molecule has 42 heavy (non-hydrogen) atoms. The molecule has 0 saturated carbocycles. The van der Waals surface area contributed by atoms with E-state index >= 15 is 0 Å². The average Bonchev–Trinajstić information content (AvgIpc) is 3.47. The van der Waals surface area contributed by atoms with Crippen molar-refractivity contribution in [1.29, 1.82) is 0 Å². The van der Waals surface area contributed by atoms with E-state index in [-0.39, 0.29) is 28.3 Å². The van der Waals surface area contributed by atoms with E-state index in [0.717, 1.165) is 25.2 Å². The summed E-state index contributed by atoms with van der Waals surface area (Å²) in [7, 11) is 5.55. The van der Waals surface area contributed by atoms with Gasteiger partial charge in [0.15, 0.2) is 28.5 Å². The van der Waals surface area contributed by atoms with Gasteiger partial charge < -0.3 is 29.2 Å². The minimum Gasteiger partial charge on any atom is -0.493 e. The topological polar surface area (TPSA) is 97.9 Å². The van der Waals surface area contributed by atoms with E-state index in [2.05, 4.69) is 25.3 Å². The van der Waals surface area contributed by atoms with Gasteiger partial charge in [-0.1, -0.05) is 11.6 Å². The maximum Gasteiger partial charge on any atom is 0.416 e. The summed E-state index contributed by atoms with van der Waals surface area (Å²) in [6.07, 6.45) is 0.390. The average molecular weight is 600 g/mol. The smallest absolute Gasteiger partial charge is 0.416 e. The Labute approximate surface area is 242 Å². The van der Waals surface area contributed by atoms with Crippen LogP contribution in [-0.2, 0) is 19.8 Å². The van der Waals surface area contributed by atoms with E-state index in [1.807, 2.05) is 19.0 Å². The first-order valence-corrected chi connectivity index (χ1v) is 13.5. The van der Waals surface area contributed by atoms with Crippen molar-refractivity contribution in [3.05, 3.63) is 53.1 Å². The van der Waals surface area contributed by atoms with Gasteiger partial charge in [0.2, 0.25) is 5.95 Å². The van der Waals surface area contributed by atoms with Crippen LogP contribution in [0.3, 0.4) is 0 Å². The number of hydrogen-bond donors (Lipinski definition) is 1. The SMILES string of the molecule is CN1CC(COc2cc(Nc3nc4nc5c(c(Cl)c4n3C)Oc3cnn4ccnc(c34)N(C)C5)cc(C(F)(F)F)c2)C1. The fourth-order valence-corrected chi connectivity index (χ4v) is 5.76. The van der Waals surface area contributed by atoms with Gasteiger partial charge in [0.25, 0.3) is 0 Å². The van der Waals surface area contributed by atoms with Gasteiger partial charge in [-0.15, -0.1) is 0 Å². The Bertz CT molecular complexity index is 1850. The van der Waals surface area contributed by atoms with Gasteiger partial charge in [-0.2, -0.15) is 23.3 Å². The molecule has 1 fully saturated rings. The minimum absolute atomic E-state index is 0.122. The lowest BCUT2D eigenvalue weighted by Gasteiger charge is -2.35. The normalized spacial score (nSPS) is 15.7. The predicted molar refractivity (Wildman–Crippen MR) is 150 cm³/mol. The van der Waals surface area contributed by atoms with Gasteiger partial charge in [0.1, 0.15) is 22.0 Å². The van der Waals surface area contributed by atoms with Crippen molar-refractivity contribution < 1.29 is 22.6 Å². The summed E-state index contributed by atoms with van der Waals surface area (Å²) < 4.78 is 56.6. The number of ether oxygens (including phenoxy) is 2. The van der Waals surface area contributed by atoms with Crippen LogP contribution in [0.5, 0.6) is 17.2 Å². The van der Waals surface area contributed by atoms with Crippen molar-refractivity contribution in [1.82, 2.24) is 34.0 Å². The minimum atomic E-state index is -4.56. The lowest BCUT2D eigenvalue weighted by Crippen LogP contribution is -2.46. The highest BCUT2D eigenvalue weighted by Gasteiger charge is 2.32. The molecule has 0 unspecified atom stereocenters. The lowest BCUT2D eigenvalue weighted by atomic mass is 10.0. The van der Waals surface area contributed by atoms with Crippen molar-refractivity contribution >= 4 is 45.7 Å². The van der Waals surface area contributed by atoms with E-state index < -0.39 is 11.7 Å². The van der Waals surface area contributed by atoms with Crippen molar-refractivity contribution in [3.8, 4) is 17.2 Å². The van der Waals surface area contributed by atoms with E-state index in [0.29, 0.717) is 52.8 Å². The third-order valence-corrected chi connectivity index (χ3v) is 7.79. The largest absolute Gasteiger partial charge is 0.493 e. The molecule has 0 atom stereocenters. The van der Waals surface area contributed by atoms with Crippen molar-refractivity contribution in [3.63, 3.8) is 0 Å². The first kappa shape index (κ1) is 26.6. The molecule has 0 aliphatic carbocycles. The summed E-state index contributed by atoms with van der Waals surface area (Å²) in [6, 6.07) is 3.56. The van der Waals surface area contributed by atoms with Crippen LogP contribution in [0, 0.1) is 5.92 Å². The molecular formula is C27H25ClF3N9O2. The Balaban J connectivity index is 1.25. The summed E-state index contributed by atoms with van der Waals surface area (Å²) >= 11 is 6.91. The molecule has 1 saturated heterocycles. The summed E-state index contributed by atoms with van der Waals surface area (Å²) in [5.74, 6) is 2.10. The lowest BCUT2D eigenvalue weighted by molar-refractivity contribution is -0.137. The number of fused-ring (bicyclic) bond motifs is 2. The van der Waals surface area contributed by atoms with Gasteiger partial charge in [-0.05, 0) is 19.2 Å². The number of aromatic nitrogens is 6. The highest BCUT2D eigenvalue weighted by atomic mass is 35.5. The maximum absolute atomic E-state index is 13.8. The van der Waals surface area contributed by atoms with Crippen LogP contribution in [0.25, 0.3) is 16.7 Å². The van der Waals surface area contributed by atoms with Crippen LogP contribution in [-0.4, -0.2) is 67.8 Å². The second-order valence-electron chi connectivity index (χ2n) is 10.6. The van der Waals surface area contributed by atoms with Crippen LogP contribution in [0.2, 0.25) is 5.02 Å². The number of nitrogens with zero attached hydrogens (tertiary/aromatic N) is 8. The van der Waals surface area contributed by atoms with Crippen LogP contribution in [0.4, 0.5) is 30.6 Å². The molecule has 1 N–H and O–H groups in total. The second-order valence-corrected chi connectivity index (χ2v) is 11.0. The fraction of sp³-hybridized carbons (Fsp3) is 0.333. The zero-order valence-electron chi connectivity index (χ0n) is 22.8. The number of likely N-dealkylation sites (tertiary alicyclic amines) is 1. The standard InChI is InChI=1S/C27H25ClF3N9O2/c1-37-10-14(11-37)13-41-17-7-15(27(29,30)31)6-16(8-17)34-26-36-24-22(39(26)3)20(28)23-18(35-24)12-38(2)25-21-19(42-23)9-33-40(21)5-4-32-25/h4-9,14H,10-13H2,1-3H3,(H,34,35,36). The highest BCUT2D eigenvalue weighted by molar-refractivity contribution is 6.36. The molecule has 0 amide bonds. The number of alkyl halides is 3. The first-order valence-electron chi connectivity index (χ1n) is 13.1. The number of pyridine rings is 1. The molecule has 1 aromatic carbocycles. The molecule has 0 spiro atoms. The van der Waals surface area contributed by atoms with Crippen molar-refractivity contribution in [2.45, 2.75) is 12.7 Å². The van der Waals surface area contributed by atoms with Gasteiger partial charge in [-0.25, -0.2) is 14.5 Å². The molecular weight excluding hydrogens is 575 g/mol. The van der Waals surface area contributed by atoms with Crippen LogP contribution in [0.1, 0.15) is 11.3 Å². The quantitative estimate of drug-likeness (QED) is 0.296. The number of nitrogens with one attached hydrogen (secondary N) is 1. The third-order valence-electron chi connectivity index (χ3n) is 7.44. The number of aryl methyl sites for hydroxylation is 1. The Morgan fingerprint density at radius 3 is 2.69 bits per heavy atom. The van der Waals surface area contributed by atoms with E-state index in [9.17, 15) is 13.2 Å². The Morgan fingerprint density at radius 1 is 1.12 bits per heavy atom. The summed E-state index contributed by atoms with van der Waals surface area (Å²) in [4.78, 5) is 17.8. The van der Waals surface area contributed by atoms with Crippen molar-refractivity contribution in [2.75, 3.05) is 44.0 Å². The number of anilines is 3. The van der Waals surface area contributed by atoms with E-state index in [4.69, 9.17) is 26.1 Å². The molecule has 15 heteroatoms. The van der Waals surface area contributed by atoms with E-state index in [1.165, 1.54) is 6.07 Å². The summed E-state index contributed by atoms with van der Waals surface area (Å²) in [6.45, 7) is 2.33. The van der Waals surface area contributed by atoms with Gasteiger partial charge in [0.05, 0.1) is 24.9 Å². The van der Waals surface area contributed by atoms with Crippen molar-refractivity contribution in [2.24, 2.45) is 13.0 Å². The zero-order valence-corrected chi connectivity index (χ0v) is 23.5. The van der Waals surface area contributed by atoms with Gasteiger partial charge in [-0.3, -0.25) is 0 Å². The van der Waals surface area contributed by atoms with Crippen LogP contribution < -0.4 is 19.7 Å². The number of rotatable bonds is 5. The molecule has 2 aliphatic rings. The summed E-state index contributed by atoms with van der Waals surface area (Å²) in [5, 5.41) is 7.61. The second kappa shape index (κ2) is 9.63. The maximum atomic E-state index is 13.8. The van der Waals surface area contributed by atoms with Gasteiger partial charge >= 0.3 is 6.18 Å². The molecule has 218 valence electrons. The Hall–Kier alpha value is -4.30. The Morgan fingerprint density at radius 2 is 1.93 bits per heavy atom. The number of benzene rings is 1. The third kappa shape index (κ3) is 4.50. The number of imidazole rings is 1. The highest BCUT2D eigenvalue weighted by Crippen LogP contribution is 2.43. The molecule has 11 nitrogen and oxygen atoms in total. The first-order chi connectivity index (χ1) is 20.0. The fourth-order valence-electron chi connectivity index (χ4n) is 5.40. The zero-order chi connectivity index (χ0) is 29.3. The number of halogens is 4. The molecule has 2 aliphatic heterocycles. The van der Waals surface area contributed by atoms with Crippen LogP contribution in [0.15, 0.2) is 36.8 Å². The molecule has 6 heterocycles.